The van der Waals surface area contributed by atoms with Gasteiger partial charge in [-0.3, -0.25) is 4.79 Å². The Balaban J connectivity index is 1.68. The van der Waals surface area contributed by atoms with Gasteiger partial charge in [0.25, 0.3) is 0 Å². The highest BCUT2D eigenvalue weighted by molar-refractivity contribution is 5.77. The van der Waals surface area contributed by atoms with Gasteiger partial charge in [-0.25, -0.2) is 4.98 Å². The van der Waals surface area contributed by atoms with Gasteiger partial charge in [-0.05, 0) is 18.9 Å². The van der Waals surface area contributed by atoms with E-state index < -0.39 is 17.3 Å². The molecule has 0 aliphatic heterocycles. The van der Waals surface area contributed by atoms with Gasteiger partial charge in [-0.1, -0.05) is 12.8 Å². The van der Waals surface area contributed by atoms with Gasteiger partial charge in [0.2, 0.25) is 11.8 Å². The van der Waals surface area contributed by atoms with E-state index in [-0.39, 0.29) is 31.4 Å². The Labute approximate surface area is 131 Å². The Morgan fingerprint density at radius 3 is 2.61 bits per heavy atom. The molecule has 23 heavy (non-hydrogen) atoms. The van der Waals surface area contributed by atoms with Crippen LogP contribution in [0.25, 0.3) is 0 Å². The van der Waals surface area contributed by atoms with Gasteiger partial charge in [-0.15, -0.1) is 0 Å². The molecule has 0 radical (unpaired) electrons. The number of rotatable bonds is 6. The van der Waals surface area contributed by atoms with Crippen molar-refractivity contribution in [2.24, 2.45) is 0 Å². The third-order valence-corrected chi connectivity index (χ3v) is 3.76. The number of aliphatic hydroxyl groups is 1. The van der Waals surface area contributed by atoms with Gasteiger partial charge < -0.3 is 15.2 Å². The molecule has 0 aromatic carbocycles. The van der Waals surface area contributed by atoms with Crippen LogP contribution >= 0.6 is 0 Å². The zero-order valence-corrected chi connectivity index (χ0v) is 12.5. The average molecular weight is 332 g/mol. The molecule has 0 bridgehead atoms. The summed E-state index contributed by atoms with van der Waals surface area (Å²) in [6, 6.07) is 2.02. The molecular formula is C15H19F3N2O3. The molecule has 1 amide bonds. The highest BCUT2D eigenvalue weighted by Gasteiger charge is 2.33. The lowest BCUT2D eigenvalue weighted by Gasteiger charge is -2.21. The molecule has 128 valence electrons. The number of pyridine rings is 1. The zero-order valence-electron chi connectivity index (χ0n) is 12.5. The van der Waals surface area contributed by atoms with Crippen LogP contribution in [0.4, 0.5) is 13.2 Å². The molecule has 0 atom stereocenters. The number of halogens is 3. The minimum absolute atomic E-state index is 0.0571. The second-order valence-corrected chi connectivity index (χ2v) is 5.69. The molecule has 1 aliphatic carbocycles. The van der Waals surface area contributed by atoms with Gasteiger partial charge in [0, 0.05) is 12.3 Å². The summed E-state index contributed by atoms with van der Waals surface area (Å²) in [4.78, 5) is 15.3. The van der Waals surface area contributed by atoms with Gasteiger partial charge in [0.1, 0.15) is 6.61 Å². The summed E-state index contributed by atoms with van der Waals surface area (Å²) < 4.78 is 42.3. The molecule has 0 unspecified atom stereocenters. The number of nitrogens with zero attached hydrogens (tertiary/aromatic N) is 1. The van der Waals surface area contributed by atoms with Crippen molar-refractivity contribution in [2.45, 2.75) is 43.9 Å². The van der Waals surface area contributed by atoms with Crippen molar-refractivity contribution < 1.29 is 27.8 Å². The summed E-state index contributed by atoms with van der Waals surface area (Å²) >= 11 is 0. The van der Waals surface area contributed by atoms with Crippen molar-refractivity contribution in [3.8, 4) is 5.88 Å². The molecule has 0 saturated heterocycles. The van der Waals surface area contributed by atoms with E-state index in [1.54, 1.807) is 0 Å². The molecule has 0 spiro atoms. The van der Waals surface area contributed by atoms with Crippen molar-refractivity contribution in [3.05, 3.63) is 23.9 Å². The van der Waals surface area contributed by atoms with E-state index in [0.717, 1.165) is 25.0 Å². The molecule has 1 heterocycles. The van der Waals surface area contributed by atoms with Crippen LogP contribution in [-0.2, 0) is 11.0 Å². The first kappa shape index (κ1) is 17.5. The topological polar surface area (TPSA) is 71.5 Å². The van der Waals surface area contributed by atoms with Crippen LogP contribution in [0.2, 0.25) is 0 Å². The fourth-order valence-electron chi connectivity index (χ4n) is 2.55. The molecule has 1 saturated carbocycles. The first-order valence-corrected chi connectivity index (χ1v) is 7.44. The number of amides is 1. The Bertz CT molecular complexity index is 526. The molecule has 2 rings (SSSR count). The molecule has 1 aromatic rings. The van der Waals surface area contributed by atoms with Crippen LogP contribution < -0.4 is 10.1 Å². The lowest BCUT2D eigenvalue weighted by molar-refractivity contribution is -0.137. The maximum absolute atomic E-state index is 12.4. The third-order valence-electron chi connectivity index (χ3n) is 3.76. The fraction of sp³-hybridized carbons (Fsp3) is 0.600. The minimum Gasteiger partial charge on any atom is -0.476 e. The molecule has 1 fully saturated rings. The van der Waals surface area contributed by atoms with E-state index in [1.807, 2.05) is 0 Å². The first-order chi connectivity index (χ1) is 10.8. The van der Waals surface area contributed by atoms with Crippen molar-refractivity contribution >= 4 is 5.91 Å². The fourth-order valence-corrected chi connectivity index (χ4v) is 2.55. The van der Waals surface area contributed by atoms with Crippen molar-refractivity contribution in [1.29, 1.82) is 0 Å². The molecule has 2 N–H and O–H groups in total. The zero-order chi connectivity index (χ0) is 16.9. The summed E-state index contributed by atoms with van der Waals surface area (Å²) in [5.41, 5.74) is -1.75. The highest BCUT2D eigenvalue weighted by Crippen LogP contribution is 2.32. The molecule has 5 nitrogen and oxygen atoms in total. The van der Waals surface area contributed by atoms with E-state index in [1.165, 1.54) is 0 Å². The summed E-state index contributed by atoms with van der Waals surface area (Å²) in [5.74, 6) is -0.208. The monoisotopic (exact) mass is 332 g/mol. The third kappa shape index (κ3) is 5.38. The van der Waals surface area contributed by atoms with Gasteiger partial charge in [0.05, 0.1) is 24.1 Å². The Kier molecular flexibility index (Phi) is 5.46. The Morgan fingerprint density at radius 2 is 2.04 bits per heavy atom. The van der Waals surface area contributed by atoms with E-state index in [4.69, 9.17) is 4.74 Å². The number of alkyl halides is 3. The second-order valence-electron chi connectivity index (χ2n) is 5.69. The van der Waals surface area contributed by atoms with Gasteiger partial charge >= 0.3 is 6.18 Å². The predicted molar refractivity (Wildman–Crippen MR) is 75.8 cm³/mol. The van der Waals surface area contributed by atoms with Crippen molar-refractivity contribution in [2.75, 3.05) is 13.2 Å². The van der Waals surface area contributed by atoms with Crippen LogP contribution in [-0.4, -0.2) is 34.8 Å². The largest absolute Gasteiger partial charge is 0.476 e. The van der Waals surface area contributed by atoms with Crippen LogP contribution in [0, 0.1) is 0 Å². The van der Waals surface area contributed by atoms with Crippen molar-refractivity contribution in [3.63, 3.8) is 0 Å². The van der Waals surface area contributed by atoms with Crippen LogP contribution in [0.5, 0.6) is 5.88 Å². The average Bonchev–Trinajstić information content (AvgIpc) is 2.89. The number of nitrogens with one attached hydrogen (secondary N) is 1. The summed E-state index contributed by atoms with van der Waals surface area (Å²) in [6.07, 6.45) is -0.563. The van der Waals surface area contributed by atoms with Gasteiger partial charge in [-0.2, -0.15) is 13.2 Å². The van der Waals surface area contributed by atoms with E-state index in [9.17, 15) is 23.1 Å². The number of carbonyl (C=O) groups is 1. The first-order valence-electron chi connectivity index (χ1n) is 7.44. The quantitative estimate of drug-likeness (QED) is 0.784. The molecule has 1 aliphatic rings. The normalized spacial score (nSPS) is 17.0. The number of hydrogen-bond acceptors (Lipinski definition) is 4. The predicted octanol–water partition coefficient (Wildman–Crippen LogP) is 2.29. The van der Waals surface area contributed by atoms with Crippen LogP contribution in [0.15, 0.2) is 18.3 Å². The molecule has 1 aromatic heterocycles. The maximum Gasteiger partial charge on any atom is 0.417 e. The SMILES string of the molecule is O=C(CC1(O)CCCC1)NCCOc1ccc(C(F)(F)F)cn1. The standard InChI is InChI=1S/C15H19F3N2O3/c16-15(17,18)11-3-4-13(20-10-11)23-8-7-19-12(21)9-14(22)5-1-2-6-14/h3-4,10,22H,1-2,5-9H2,(H,19,21). The minimum atomic E-state index is -4.43. The summed E-state index contributed by atoms with van der Waals surface area (Å²) in [6.45, 7) is 0.278. The van der Waals surface area contributed by atoms with Crippen LogP contribution in [0.3, 0.4) is 0 Å². The lowest BCUT2D eigenvalue weighted by Crippen LogP contribution is -2.36. The Hall–Kier alpha value is -1.83. The number of hydrogen-bond donors (Lipinski definition) is 2. The molecule has 8 heteroatoms. The van der Waals surface area contributed by atoms with E-state index in [2.05, 4.69) is 10.3 Å². The smallest absolute Gasteiger partial charge is 0.417 e. The summed E-state index contributed by atoms with van der Waals surface area (Å²) in [7, 11) is 0. The molecular weight excluding hydrogens is 313 g/mol. The highest BCUT2D eigenvalue weighted by atomic mass is 19.4. The summed E-state index contributed by atoms with van der Waals surface area (Å²) in [5, 5.41) is 12.7. The number of aromatic nitrogens is 1. The van der Waals surface area contributed by atoms with Crippen molar-refractivity contribution in [1.82, 2.24) is 10.3 Å². The maximum atomic E-state index is 12.4. The Morgan fingerprint density at radius 1 is 1.35 bits per heavy atom. The van der Waals surface area contributed by atoms with Crippen LogP contribution in [0.1, 0.15) is 37.7 Å². The van der Waals surface area contributed by atoms with E-state index in [0.29, 0.717) is 19.0 Å². The lowest BCUT2D eigenvalue weighted by atomic mass is 9.98. The number of carbonyl (C=O) groups excluding carboxylic acids is 1. The number of ether oxygens (including phenoxy) is 1. The van der Waals surface area contributed by atoms with E-state index >= 15 is 0 Å². The van der Waals surface area contributed by atoms with Gasteiger partial charge in [0.15, 0.2) is 0 Å². The second kappa shape index (κ2) is 7.16.